The Labute approximate surface area is 441 Å². The molecule has 0 N–H and O–H groups in total. The summed E-state index contributed by atoms with van der Waals surface area (Å²) >= 11 is 0. The standard InChI is InChI=1S/C7H15N.3C7H14.C6H12.2C6H14.C5H12.4C4H10/c1-6(2)7-4-8(3)5-7;3*1-6(2)7-4-3-5-7;1-5(2)6-3-4-6;1-5(2)6(3)4;1-4-5-6(2)3;1-4-5(2)3;4*1-4(2)3/h6-7H,4-5H2,1-3H3;3*6-7H,3-5H2,1-2H3;5-6H,3-4H2,1-2H3;5-6H,1-4H3;6H,4-5H2,1-3H3;5H,4H2,1-3H3;4*4H,1-3H3. The van der Waals surface area contributed by atoms with Gasteiger partial charge in [-0.25, -0.2) is 0 Å². The molecule has 4 saturated carbocycles. The highest BCUT2D eigenvalue weighted by atomic mass is 15.2. The van der Waals surface area contributed by atoms with Gasteiger partial charge in [0, 0.05) is 13.1 Å². The summed E-state index contributed by atoms with van der Waals surface area (Å²) in [5.74, 6) is 16.9. The Morgan fingerprint density at radius 3 is 0.515 bits per heavy atom. The highest BCUT2D eigenvalue weighted by molar-refractivity contribution is 4.78. The summed E-state index contributed by atoms with van der Waals surface area (Å²) in [7, 11) is 2.18. The average molecular weight is 969 g/mol. The Hall–Kier alpha value is -0.0400. The SMILES string of the molecule is CC(C)C.CC(C)C.CC(C)C.CC(C)C.CC(C)C(C)C.CC(C)C1CC1.CC(C)C1CCC1.CC(C)C1CCC1.CC(C)C1CCC1.CC(C)C1CN(C)C1.CCC(C)C.CCCC(C)C. The van der Waals surface area contributed by atoms with Crippen LogP contribution in [0.4, 0.5) is 0 Å². The zero-order chi connectivity index (χ0) is 55.3. The highest BCUT2D eigenvalue weighted by Gasteiger charge is 2.25. The van der Waals surface area contributed by atoms with Crippen LogP contribution in [-0.2, 0) is 0 Å². The van der Waals surface area contributed by atoms with Crippen molar-refractivity contribution < 1.29 is 0 Å². The molecule has 0 bridgehead atoms. The lowest BCUT2D eigenvalue weighted by molar-refractivity contribution is 0.0967. The van der Waals surface area contributed by atoms with Gasteiger partial charge < -0.3 is 4.90 Å². The molecule has 1 heterocycles. The Kier molecular flexibility index (Phi) is 66.0. The fourth-order valence-electron chi connectivity index (χ4n) is 5.83. The minimum absolute atomic E-state index is 0.833. The van der Waals surface area contributed by atoms with Gasteiger partial charge in [0.1, 0.15) is 0 Å². The van der Waals surface area contributed by atoms with E-state index in [0.29, 0.717) is 0 Å². The summed E-state index contributed by atoms with van der Waals surface area (Å²) in [6.45, 7) is 74.1. The van der Waals surface area contributed by atoms with Gasteiger partial charge in [0.2, 0.25) is 0 Å². The van der Waals surface area contributed by atoms with E-state index < -0.39 is 0 Å². The van der Waals surface area contributed by atoms with Crippen molar-refractivity contribution in [2.24, 2.45) is 107 Å². The number of hydrogen-bond acceptors (Lipinski definition) is 1. The molecule has 68 heavy (non-hydrogen) atoms. The molecule has 5 rings (SSSR count). The molecule has 0 aromatic carbocycles. The molecule has 0 spiro atoms. The molecule has 0 radical (unpaired) electrons. The highest BCUT2D eigenvalue weighted by Crippen LogP contribution is 2.36. The largest absolute Gasteiger partial charge is 0.306 e. The lowest BCUT2D eigenvalue weighted by atomic mass is 9.78. The third-order valence-corrected chi connectivity index (χ3v) is 12.9. The Morgan fingerprint density at radius 2 is 0.500 bits per heavy atom. The van der Waals surface area contributed by atoms with Crippen LogP contribution in [0.3, 0.4) is 0 Å². The summed E-state index contributed by atoms with van der Waals surface area (Å²) in [5.41, 5.74) is 0. The summed E-state index contributed by atoms with van der Waals surface area (Å²) in [6.07, 6.45) is 20.5. The minimum Gasteiger partial charge on any atom is -0.306 e. The van der Waals surface area contributed by atoms with Crippen molar-refractivity contribution in [3.05, 3.63) is 0 Å². The molecular formula is C67H149N. The van der Waals surface area contributed by atoms with Gasteiger partial charge in [-0.15, -0.1) is 0 Å². The summed E-state index contributed by atoms with van der Waals surface area (Å²) in [5, 5.41) is 0. The average Bonchev–Trinajstić information content (AvgIpc) is 3.91. The number of likely N-dealkylation sites (tertiary alicyclic amines) is 1. The van der Waals surface area contributed by atoms with Crippen molar-refractivity contribution in [3.8, 4) is 0 Å². The van der Waals surface area contributed by atoms with Crippen molar-refractivity contribution in [3.63, 3.8) is 0 Å². The quantitative estimate of drug-likeness (QED) is 0.223. The first kappa shape index (κ1) is 82.0. The molecule has 0 aromatic rings. The molecule has 1 nitrogen and oxygen atoms in total. The Morgan fingerprint density at radius 1 is 0.309 bits per heavy atom. The Balaban J connectivity index is -0.000000120. The number of rotatable bonds is 9. The second kappa shape index (κ2) is 54.7. The molecule has 0 amide bonds. The number of nitrogens with zero attached hydrogens (tertiary/aromatic N) is 1. The summed E-state index contributed by atoms with van der Waals surface area (Å²) in [6, 6.07) is 0. The van der Waals surface area contributed by atoms with E-state index >= 15 is 0 Å². The normalized spacial score (nSPS) is 16.5. The van der Waals surface area contributed by atoms with Crippen LogP contribution in [0.1, 0.15) is 311 Å². The minimum atomic E-state index is 0.833. The molecule has 5 aliphatic rings. The van der Waals surface area contributed by atoms with Crippen LogP contribution in [0, 0.1) is 107 Å². The molecule has 0 unspecified atom stereocenters. The molecule has 5 fully saturated rings. The van der Waals surface area contributed by atoms with E-state index in [0.717, 1.165) is 107 Å². The molecule has 4 aliphatic carbocycles. The van der Waals surface area contributed by atoms with Crippen LogP contribution < -0.4 is 0 Å². The second-order valence-corrected chi connectivity index (χ2v) is 28.0. The van der Waals surface area contributed by atoms with Crippen LogP contribution in [-0.4, -0.2) is 25.0 Å². The van der Waals surface area contributed by atoms with Gasteiger partial charge >= 0.3 is 0 Å². The molecule has 0 aromatic heterocycles. The van der Waals surface area contributed by atoms with Gasteiger partial charge in [0.15, 0.2) is 0 Å². The lowest BCUT2D eigenvalue weighted by Gasteiger charge is -2.38. The Bertz CT molecular complexity index is 771. The second-order valence-electron chi connectivity index (χ2n) is 28.0. The molecular weight excluding hydrogens is 819 g/mol. The lowest BCUT2D eigenvalue weighted by Crippen LogP contribution is -2.46. The maximum absolute atomic E-state index is 2.37. The third kappa shape index (κ3) is 82.9. The monoisotopic (exact) mass is 968 g/mol. The predicted molar refractivity (Wildman–Crippen MR) is 327 cm³/mol. The summed E-state index contributed by atoms with van der Waals surface area (Å²) in [4.78, 5) is 2.37. The van der Waals surface area contributed by atoms with Crippen molar-refractivity contribution in [1.82, 2.24) is 4.90 Å². The number of hydrogen-bond donors (Lipinski definition) is 0. The van der Waals surface area contributed by atoms with E-state index in [9.17, 15) is 0 Å². The van der Waals surface area contributed by atoms with E-state index in [1.165, 1.54) is 103 Å². The van der Waals surface area contributed by atoms with Crippen molar-refractivity contribution >= 4 is 0 Å². The van der Waals surface area contributed by atoms with Gasteiger partial charge in [0.25, 0.3) is 0 Å². The zero-order valence-corrected chi connectivity index (χ0v) is 55.2. The van der Waals surface area contributed by atoms with Crippen molar-refractivity contribution in [2.75, 3.05) is 20.1 Å². The van der Waals surface area contributed by atoms with Gasteiger partial charge in [0.05, 0.1) is 0 Å². The van der Waals surface area contributed by atoms with Crippen LogP contribution >= 0.6 is 0 Å². The topological polar surface area (TPSA) is 3.24 Å². The maximum Gasteiger partial charge on any atom is 0.00214 e. The molecule has 0 atom stereocenters. The van der Waals surface area contributed by atoms with Crippen LogP contribution in [0.15, 0.2) is 0 Å². The van der Waals surface area contributed by atoms with Crippen molar-refractivity contribution in [1.29, 1.82) is 0 Å². The molecule has 1 aliphatic heterocycles. The first-order valence-corrected chi connectivity index (χ1v) is 30.7. The smallest absolute Gasteiger partial charge is 0.00214 e. The van der Waals surface area contributed by atoms with Gasteiger partial charge in [-0.2, -0.15) is 0 Å². The van der Waals surface area contributed by atoms with Crippen LogP contribution in [0.25, 0.3) is 0 Å². The van der Waals surface area contributed by atoms with E-state index in [1.54, 1.807) is 0 Å². The van der Waals surface area contributed by atoms with Crippen LogP contribution in [0.5, 0.6) is 0 Å². The van der Waals surface area contributed by atoms with Gasteiger partial charge in [-0.1, -0.05) is 299 Å². The zero-order valence-electron chi connectivity index (χ0n) is 55.2. The van der Waals surface area contributed by atoms with Crippen molar-refractivity contribution in [2.45, 2.75) is 311 Å². The van der Waals surface area contributed by atoms with Gasteiger partial charge in [-0.3, -0.25) is 0 Å². The molecule has 1 saturated heterocycles. The maximum atomic E-state index is 2.37. The fourth-order valence-corrected chi connectivity index (χ4v) is 5.83. The molecule has 422 valence electrons. The summed E-state index contributed by atoms with van der Waals surface area (Å²) < 4.78 is 0. The first-order chi connectivity index (χ1) is 31.0. The van der Waals surface area contributed by atoms with E-state index in [4.69, 9.17) is 0 Å². The van der Waals surface area contributed by atoms with Gasteiger partial charge in [-0.05, 0) is 126 Å². The first-order valence-electron chi connectivity index (χ1n) is 30.7. The third-order valence-electron chi connectivity index (χ3n) is 12.9. The van der Waals surface area contributed by atoms with E-state index in [1.807, 2.05) is 0 Å². The van der Waals surface area contributed by atoms with E-state index in [2.05, 4.69) is 234 Å². The van der Waals surface area contributed by atoms with E-state index in [-0.39, 0.29) is 0 Å². The molecule has 1 heteroatoms. The van der Waals surface area contributed by atoms with Crippen LogP contribution in [0.2, 0.25) is 0 Å². The fraction of sp³-hybridized carbons (Fsp3) is 1.00. The predicted octanol–water partition coefficient (Wildman–Crippen LogP) is 24.0.